The van der Waals surface area contributed by atoms with Gasteiger partial charge >= 0.3 is 6.03 Å². The Labute approximate surface area is 135 Å². The quantitative estimate of drug-likeness (QED) is 0.764. The second-order valence-corrected chi connectivity index (χ2v) is 5.34. The number of urea groups is 1. The number of rotatable bonds is 3. The molecule has 2 N–H and O–H groups in total. The lowest BCUT2D eigenvalue weighted by atomic mass is 10.2. The Morgan fingerprint density at radius 1 is 0.913 bits per heavy atom. The van der Waals surface area contributed by atoms with E-state index in [1.165, 1.54) is 0 Å². The maximum absolute atomic E-state index is 12.0. The molecule has 23 heavy (non-hydrogen) atoms. The number of carbonyl (C=O) groups excluding carboxylic acids is 1. The minimum Gasteiger partial charge on any atom is -0.308 e. The van der Waals surface area contributed by atoms with Crippen molar-refractivity contribution < 1.29 is 4.79 Å². The lowest BCUT2D eigenvalue weighted by Gasteiger charge is -2.09. The molecule has 5 nitrogen and oxygen atoms in total. The molecule has 1 heterocycles. The second kappa shape index (κ2) is 6.36. The first-order chi connectivity index (χ1) is 11.1. The number of aryl methyl sites for hydroxylation is 2. The highest BCUT2D eigenvalue weighted by Gasteiger charge is 2.04. The lowest BCUT2D eigenvalue weighted by Crippen LogP contribution is -2.19. The number of amides is 2. The standard InChI is InChI=1S/C18H18N4O/c1-13-3-5-15(6-4-13)20-18(23)21-16-7-9-17(10-8-16)22-12-11-19-14(22)2/h3-12H,1-2H3,(H2,20,21,23). The Bertz CT molecular complexity index is 804. The molecule has 0 aliphatic rings. The number of nitrogens with zero attached hydrogens (tertiary/aromatic N) is 2. The minimum atomic E-state index is -0.264. The number of anilines is 2. The molecule has 0 saturated carbocycles. The molecule has 0 fully saturated rings. The van der Waals surface area contributed by atoms with Gasteiger partial charge in [0.2, 0.25) is 0 Å². The van der Waals surface area contributed by atoms with Crippen molar-refractivity contribution in [3.8, 4) is 5.69 Å². The van der Waals surface area contributed by atoms with Gasteiger partial charge in [-0.15, -0.1) is 0 Å². The van der Waals surface area contributed by atoms with E-state index in [4.69, 9.17) is 0 Å². The second-order valence-electron chi connectivity index (χ2n) is 5.34. The van der Waals surface area contributed by atoms with Gasteiger partial charge in [-0.2, -0.15) is 0 Å². The Morgan fingerprint density at radius 2 is 1.48 bits per heavy atom. The third-order valence-electron chi connectivity index (χ3n) is 3.54. The van der Waals surface area contributed by atoms with Gasteiger partial charge in [-0.3, -0.25) is 0 Å². The maximum atomic E-state index is 12.0. The maximum Gasteiger partial charge on any atom is 0.323 e. The van der Waals surface area contributed by atoms with Crippen LogP contribution in [0.5, 0.6) is 0 Å². The van der Waals surface area contributed by atoms with Crippen LogP contribution in [0.3, 0.4) is 0 Å². The number of hydrogen-bond acceptors (Lipinski definition) is 2. The SMILES string of the molecule is Cc1ccc(NC(=O)Nc2ccc(-n3ccnc3C)cc2)cc1. The Balaban J connectivity index is 1.65. The predicted molar refractivity (Wildman–Crippen MR) is 92.1 cm³/mol. The Morgan fingerprint density at radius 3 is 2.00 bits per heavy atom. The largest absolute Gasteiger partial charge is 0.323 e. The molecule has 0 radical (unpaired) electrons. The van der Waals surface area contributed by atoms with Gasteiger partial charge in [0.15, 0.2) is 0 Å². The molecule has 1 aromatic heterocycles. The number of nitrogens with one attached hydrogen (secondary N) is 2. The van der Waals surface area contributed by atoms with Crippen molar-refractivity contribution in [1.29, 1.82) is 0 Å². The lowest BCUT2D eigenvalue weighted by molar-refractivity contribution is 0.262. The average Bonchev–Trinajstić information content (AvgIpc) is 2.96. The normalized spacial score (nSPS) is 10.3. The average molecular weight is 306 g/mol. The molecule has 0 unspecified atom stereocenters. The van der Waals surface area contributed by atoms with Gasteiger partial charge in [0.1, 0.15) is 5.82 Å². The highest BCUT2D eigenvalue weighted by Crippen LogP contribution is 2.15. The molecule has 0 aliphatic carbocycles. The zero-order valence-corrected chi connectivity index (χ0v) is 13.1. The van der Waals surface area contributed by atoms with E-state index in [1.807, 2.05) is 73.1 Å². The zero-order chi connectivity index (χ0) is 16.2. The van der Waals surface area contributed by atoms with Crippen LogP contribution in [0.1, 0.15) is 11.4 Å². The van der Waals surface area contributed by atoms with Gasteiger partial charge < -0.3 is 15.2 Å². The van der Waals surface area contributed by atoms with E-state index in [1.54, 1.807) is 6.20 Å². The van der Waals surface area contributed by atoms with Crippen LogP contribution in [0.4, 0.5) is 16.2 Å². The molecule has 0 saturated heterocycles. The fraction of sp³-hybridized carbons (Fsp3) is 0.111. The first kappa shape index (κ1) is 14.8. The van der Waals surface area contributed by atoms with Crippen LogP contribution in [0.25, 0.3) is 5.69 Å². The van der Waals surface area contributed by atoms with Crippen LogP contribution in [0, 0.1) is 13.8 Å². The van der Waals surface area contributed by atoms with E-state index in [9.17, 15) is 4.79 Å². The van der Waals surface area contributed by atoms with Crippen LogP contribution < -0.4 is 10.6 Å². The molecule has 2 aromatic carbocycles. The van der Waals surface area contributed by atoms with Crippen molar-refractivity contribution >= 4 is 17.4 Å². The third-order valence-corrected chi connectivity index (χ3v) is 3.54. The van der Waals surface area contributed by atoms with Crippen LogP contribution >= 0.6 is 0 Å². The first-order valence-corrected chi connectivity index (χ1v) is 7.37. The summed E-state index contributed by atoms with van der Waals surface area (Å²) >= 11 is 0. The summed E-state index contributed by atoms with van der Waals surface area (Å²) in [7, 11) is 0. The van der Waals surface area contributed by atoms with E-state index in [2.05, 4.69) is 15.6 Å². The van der Waals surface area contributed by atoms with Gasteiger partial charge in [0.25, 0.3) is 0 Å². The van der Waals surface area contributed by atoms with E-state index >= 15 is 0 Å². The van der Waals surface area contributed by atoms with Crippen LogP contribution in [0.15, 0.2) is 60.9 Å². The molecule has 5 heteroatoms. The van der Waals surface area contributed by atoms with Crippen molar-refractivity contribution in [1.82, 2.24) is 9.55 Å². The summed E-state index contributed by atoms with van der Waals surface area (Å²) in [5.74, 6) is 0.919. The predicted octanol–water partition coefficient (Wildman–Crippen LogP) is 4.13. The number of imidazole rings is 1. The number of hydrogen-bond donors (Lipinski definition) is 2. The molecular weight excluding hydrogens is 288 g/mol. The van der Waals surface area contributed by atoms with Gasteiger partial charge in [-0.1, -0.05) is 17.7 Å². The molecule has 116 valence electrons. The monoisotopic (exact) mass is 306 g/mol. The molecule has 3 aromatic rings. The summed E-state index contributed by atoms with van der Waals surface area (Å²) in [5.41, 5.74) is 3.65. The Kier molecular flexibility index (Phi) is 4.10. The van der Waals surface area contributed by atoms with Crippen LogP contribution in [-0.4, -0.2) is 15.6 Å². The molecule has 0 bridgehead atoms. The van der Waals surface area contributed by atoms with E-state index < -0.39 is 0 Å². The van der Waals surface area contributed by atoms with Crippen molar-refractivity contribution in [2.75, 3.05) is 10.6 Å². The molecular formula is C18H18N4O. The minimum absolute atomic E-state index is 0.264. The van der Waals surface area contributed by atoms with Gasteiger partial charge in [0, 0.05) is 29.5 Å². The van der Waals surface area contributed by atoms with Crippen molar-refractivity contribution in [2.45, 2.75) is 13.8 Å². The summed E-state index contributed by atoms with van der Waals surface area (Å²) in [5, 5.41) is 5.62. The zero-order valence-electron chi connectivity index (χ0n) is 13.1. The topological polar surface area (TPSA) is 59.0 Å². The number of aromatic nitrogens is 2. The molecule has 2 amide bonds. The van der Waals surface area contributed by atoms with Gasteiger partial charge in [-0.25, -0.2) is 9.78 Å². The van der Waals surface area contributed by atoms with Crippen LogP contribution in [0.2, 0.25) is 0 Å². The summed E-state index contributed by atoms with van der Waals surface area (Å²) in [6.07, 6.45) is 3.67. The van der Waals surface area contributed by atoms with Crippen molar-refractivity contribution in [3.05, 3.63) is 72.3 Å². The fourth-order valence-corrected chi connectivity index (χ4v) is 2.29. The highest BCUT2D eigenvalue weighted by atomic mass is 16.2. The number of benzene rings is 2. The van der Waals surface area contributed by atoms with Crippen molar-refractivity contribution in [2.24, 2.45) is 0 Å². The van der Waals surface area contributed by atoms with E-state index in [0.717, 1.165) is 28.5 Å². The Hall–Kier alpha value is -3.08. The van der Waals surface area contributed by atoms with E-state index in [-0.39, 0.29) is 6.03 Å². The van der Waals surface area contributed by atoms with Gasteiger partial charge in [0.05, 0.1) is 0 Å². The summed E-state index contributed by atoms with van der Waals surface area (Å²) in [4.78, 5) is 16.2. The van der Waals surface area contributed by atoms with E-state index in [0.29, 0.717) is 0 Å². The summed E-state index contributed by atoms with van der Waals surface area (Å²) in [6, 6.07) is 15.0. The smallest absolute Gasteiger partial charge is 0.308 e. The first-order valence-electron chi connectivity index (χ1n) is 7.37. The molecule has 0 aliphatic heterocycles. The molecule has 0 atom stereocenters. The summed E-state index contributed by atoms with van der Waals surface area (Å²) in [6.45, 7) is 3.95. The van der Waals surface area contributed by atoms with Crippen molar-refractivity contribution in [3.63, 3.8) is 0 Å². The third kappa shape index (κ3) is 3.58. The van der Waals surface area contributed by atoms with Crippen LogP contribution in [-0.2, 0) is 0 Å². The molecule has 0 spiro atoms. The van der Waals surface area contributed by atoms with Gasteiger partial charge in [-0.05, 0) is 50.2 Å². The molecule has 3 rings (SSSR count). The number of carbonyl (C=O) groups is 1. The summed E-state index contributed by atoms with van der Waals surface area (Å²) < 4.78 is 1.98. The highest BCUT2D eigenvalue weighted by molar-refractivity contribution is 5.99. The fourth-order valence-electron chi connectivity index (χ4n) is 2.29.